The maximum Gasteiger partial charge on any atom is 0.324 e. The molecular formula is C26H35F3N4O4. The molecule has 1 aliphatic carbocycles. The second-order valence-corrected chi connectivity index (χ2v) is 10.1. The Labute approximate surface area is 215 Å². The molecule has 1 saturated carbocycles. The summed E-state index contributed by atoms with van der Waals surface area (Å²) >= 11 is 0. The van der Waals surface area contributed by atoms with Gasteiger partial charge in [-0.05, 0) is 50.5 Å². The van der Waals surface area contributed by atoms with Gasteiger partial charge in [-0.2, -0.15) is 4.98 Å². The van der Waals surface area contributed by atoms with Crippen LogP contribution in [0.1, 0.15) is 37.1 Å². The topological polar surface area (TPSA) is 80.9 Å². The van der Waals surface area contributed by atoms with E-state index in [9.17, 15) is 18.0 Å². The maximum absolute atomic E-state index is 13.9. The highest BCUT2D eigenvalue weighted by molar-refractivity contribution is 5.55. The predicted octanol–water partition coefficient (Wildman–Crippen LogP) is 3.83. The number of halogens is 3. The van der Waals surface area contributed by atoms with Crippen LogP contribution in [-0.4, -0.2) is 74.4 Å². The van der Waals surface area contributed by atoms with E-state index in [1.807, 2.05) is 11.9 Å². The van der Waals surface area contributed by atoms with Crippen LogP contribution in [0, 0.1) is 29.4 Å². The maximum atomic E-state index is 13.9. The van der Waals surface area contributed by atoms with Gasteiger partial charge >= 0.3 is 6.01 Å². The normalized spacial score (nSPS) is 22.2. The zero-order chi connectivity index (χ0) is 26.4. The number of anilines is 1. The number of benzene rings is 1. The van der Waals surface area contributed by atoms with E-state index in [2.05, 4.69) is 15.0 Å². The van der Waals surface area contributed by atoms with Crippen LogP contribution in [0.5, 0.6) is 5.75 Å². The van der Waals surface area contributed by atoms with Gasteiger partial charge in [-0.15, -0.1) is 0 Å². The number of hydrogen-bond acceptors (Lipinski definition) is 8. The molecule has 0 bridgehead atoms. The molecule has 3 heterocycles. The lowest BCUT2D eigenvalue weighted by atomic mass is 9.90. The van der Waals surface area contributed by atoms with Gasteiger partial charge < -0.3 is 28.6 Å². The molecule has 204 valence electrons. The third-order valence-corrected chi connectivity index (χ3v) is 7.30. The molecule has 0 amide bonds. The van der Waals surface area contributed by atoms with Crippen molar-refractivity contribution in [2.24, 2.45) is 17.8 Å². The lowest BCUT2D eigenvalue weighted by molar-refractivity contribution is -0.107. The molecule has 0 spiro atoms. The third kappa shape index (κ3) is 7.44. The molecule has 37 heavy (non-hydrogen) atoms. The summed E-state index contributed by atoms with van der Waals surface area (Å²) in [4.78, 5) is 18.9. The summed E-state index contributed by atoms with van der Waals surface area (Å²) in [6.07, 6.45) is 3.89. The molecule has 2 unspecified atom stereocenters. The van der Waals surface area contributed by atoms with Crippen molar-refractivity contribution >= 4 is 12.3 Å². The van der Waals surface area contributed by atoms with Gasteiger partial charge in [0.1, 0.15) is 36.4 Å². The number of hydrogen-bond donors (Lipinski definition) is 0. The standard InChI is InChI=1S/C22H27F2N3O4.C4H8FN/c1-29-13-21-25-22(31-26-21)27-6-2-14(3-7-27)18-10-15(18)5-9-30-16-11-19(23)17(4-8-28)20(24)12-16;1-6-2-4(5)3-6/h8,11-12,14-15,18H,2-7,9-10,13H2,1H3;4H,2-3H2,1H3. The van der Waals surface area contributed by atoms with Crippen LogP contribution in [0.15, 0.2) is 16.7 Å². The SMILES string of the molecule is CN1CC(F)C1.COCc1noc(N2CCC(C3CC3CCOc3cc(F)c(CC=O)c(F)c3)CC2)n1. The summed E-state index contributed by atoms with van der Waals surface area (Å²) in [6, 6.07) is 2.86. The summed E-state index contributed by atoms with van der Waals surface area (Å²) < 4.78 is 55.4. The van der Waals surface area contributed by atoms with Crippen LogP contribution in [0.25, 0.3) is 0 Å². The Balaban J connectivity index is 0.000000469. The fraction of sp³-hybridized carbons (Fsp3) is 0.654. The molecular weight excluding hydrogens is 489 g/mol. The summed E-state index contributed by atoms with van der Waals surface area (Å²) in [6.45, 7) is 3.83. The van der Waals surface area contributed by atoms with Crippen molar-refractivity contribution in [2.45, 2.75) is 44.9 Å². The van der Waals surface area contributed by atoms with Gasteiger partial charge in [-0.1, -0.05) is 5.16 Å². The van der Waals surface area contributed by atoms with E-state index in [4.69, 9.17) is 14.0 Å². The highest BCUT2D eigenvalue weighted by Crippen LogP contribution is 2.50. The average Bonchev–Trinajstić information content (AvgIpc) is 3.48. The Hall–Kier alpha value is -2.66. The molecule has 2 atom stereocenters. The molecule has 0 N–H and O–H groups in total. The number of rotatable bonds is 10. The molecule has 2 aliphatic heterocycles. The molecule has 2 saturated heterocycles. The molecule has 0 radical (unpaired) electrons. The first kappa shape index (κ1) is 27.4. The highest BCUT2D eigenvalue weighted by atomic mass is 19.1. The van der Waals surface area contributed by atoms with Gasteiger partial charge in [0.25, 0.3) is 0 Å². The van der Waals surface area contributed by atoms with E-state index in [-0.39, 0.29) is 17.7 Å². The lowest BCUT2D eigenvalue weighted by Crippen LogP contribution is -2.45. The van der Waals surface area contributed by atoms with Crippen LogP contribution < -0.4 is 9.64 Å². The van der Waals surface area contributed by atoms with Gasteiger partial charge in [0.05, 0.1) is 6.61 Å². The first-order valence-electron chi connectivity index (χ1n) is 12.8. The van der Waals surface area contributed by atoms with Crippen LogP contribution in [0.2, 0.25) is 0 Å². The Bertz CT molecular complexity index is 996. The zero-order valence-corrected chi connectivity index (χ0v) is 21.4. The average molecular weight is 525 g/mol. The highest BCUT2D eigenvalue weighted by Gasteiger charge is 2.43. The van der Waals surface area contributed by atoms with Gasteiger partial charge in [0.15, 0.2) is 5.82 Å². The van der Waals surface area contributed by atoms with Crippen molar-refractivity contribution in [3.63, 3.8) is 0 Å². The Kier molecular flexibility index (Phi) is 9.42. The second-order valence-electron chi connectivity index (χ2n) is 10.1. The number of alkyl halides is 1. The van der Waals surface area contributed by atoms with Crippen molar-refractivity contribution in [3.05, 3.63) is 35.2 Å². The Morgan fingerprint density at radius 2 is 1.89 bits per heavy atom. The summed E-state index contributed by atoms with van der Waals surface area (Å²) in [5.41, 5.74) is -0.216. The van der Waals surface area contributed by atoms with E-state index in [0.29, 0.717) is 62.2 Å². The van der Waals surface area contributed by atoms with Crippen LogP contribution in [0.3, 0.4) is 0 Å². The number of piperidine rings is 1. The van der Waals surface area contributed by atoms with E-state index in [1.54, 1.807) is 7.11 Å². The smallest absolute Gasteiger partial charge is 0.324 e. The van der Waals surface area contributed by atoms with Crippen molar-refractivity contribution in [1.82, 2.24) is 15.0 Å². The monoisotopic (exact) mass is 524 g/mol. The van der Waals surface area contributed by atoms with Crippen molar-refractivity contribution in [3.8, 4) is 5.75 Å². The fourth-order valence-electron chi connectivity index (χ4n) is 5.15. The van der Waals surface area contributed by atoms with Crippen LogP contribution in [0.4, 0.5) is 19.2 Å². The molecule has 2 aromatic rings. The van der Waals surface area contributed by atoms with Crippen LogP contribution >= 0.6 is 0 Å². The summed E-state index contributed by atoms with van der Waals surface area (Å²) in [5.74, 6) is 1.18. The molecule has 1 aromatic heterocycles. The van der Waals surface area contributed by atoms with Crippen molar-refractivity contribution in [2.75, 3.05) is 51.8 Å². The van der Waals surface area contributed by atoms with Gasteiger partial charge in [-0.3, -0.25) is 0 Å². The Morgan fingerprint density at radius 1 is 1.19 bits per heavy atom. The molecule has 8 nitrogen and oxygen atoms in total. The number of methoxy groups -OCH3 is 1. The minimum absolute atomic E-state index is 0.169. The van der Waals surface area contributed by atoms with Gasteiger partial charge in [0.2, 0.25) is 0 Å². The van der Waals surface area contributed by atoms with E-state index in [1.165, 1.54) is 6.42 Å². The van der Waals surface area contributed by atoms with E-state index in [0.717, 1.165) is 44.5 Å². The minimum Gasteiger partial charge on any atom is -0.493 e. The second kappa shape index (κ2) is 12.7. The fourth-order valence-corrected chi connectivity index (χ4v) is 5.15. The number of aldehydes is 1. The zero-order valence-electron chi connectivity index (χ0n) is 21.4. The predicted molar refractivity (Wildman–Crippen MR) is 130 cm³/mol. The number of ether oxygens (including phenoxy) is 2. The largest absolute Gasteiger partial charge is 0.493 e. The number of likely N-dealkylation sites (tertiary alicyclic amines) is 1. The number of aromatic nitrogens is 2. The Morgan fingerprint density at radius 3 is 2.46 bits per heavy atom. The number of carbonyl (C=O) groups excluding carboxylic acids is 1. The van der Waals surface area contributed by atoms with Gasteiger partial charge in [-0.25, -0.2) is 13.2 Å². The van der Waals surface area contributed by atoms with Crippen LogP contribution in [-0.2, 0) is 22.6 Å². The molecule has 3 fully saturated rings. The number of nitrogens with zero attached hydrogens (tertiary/aromatic N) is 4. The van der Waals surface area contributed by atoms with E-state index >= 15 is 0 Å². The minimum atomic E-state index is -0.742. The molecule has 5 rings (SSSR count). The molecule has 3 aliphatic rings. The first-order valence-corrected chi connectivity index (χ1v) is 12.8. The quantitative estimate of drug-likeness (QED) is 0.434. The van der Waals surface area contributed by atoms with Crippen molar-refractivity contribution < 1.29 is 32.0 Å². The lowest BCUT2D eigenvalue weighted by Gasteiger charge is -2.30. The van der Waals surface area contributed by atoms with E-state index < -0.39 is 17.8 Å². The molecule has 11 heteroatoms. The summed E-state index contributed by atoms with van der Waals surface area (Å²) in [7, 11) is 3.51. The molecule has 1 aromatic carbocycles. The van der Waals surface area contributed by atoms with Crippen molar-refractivity contribution in [1.29, 1.82) is 0 Å². The summed E-state index contributed by atoms with van der Waals surface area (Å²) in [5, 5.41) is 3.91. The van der Waals surface area contributed by atoms with Gasteiger partial charge in [0, 0.05) is 57.4 Å². The third-order valence-electron chi connectivity index (χ3n) is 7.30. The number of carbonyl (C=O) groups is 1. The first-order chi connectivity index (χ1) is 17.9.